The van der Waals surface area contributed by atoms with Gasteiger partial charge in [0.05, 0.1) is 31.6 Å². The van der Waals surface area contributed by atoms with Gasteiger partial charge in [-0.2, -0.15) is 0 Å². The molecule has 7 nitrogen and oxygen atoms in total. The molecule has 0 aliphatic carbocycles. The number of carbonyl (C=O) groups is 1. The number of methoxy groups -OCH3 is 1. The van der Waals surface area contributed by atoms with Crippen LogP contribution in [0.4, 0.5) is 5.69 Å². The van der Waals surface area contributed by atoms with Gasteiger partial charge < -0.3 is 15.2 Å². The van der Waals surface area contributed by atoms with Gasteiger partial charge in [0.25, 0.3) is 0 Å². The third-order valence-corrected chi connectivity index (χ3v) is 2.93. The second-order valence-corrected chi connectivity index (χ2v) is 4.58. The highest BCUT2D eigenvalue weighted by molar-refractivity contribution is 5.92. The molecule has 21 heavy (non-hydrogen) atoms. The topological polar surface area (TPSA) is 89.3 Å². The molecule has 1 amide bonds. The number of aliphatic hydroxyl groups is 1. The average molecular weight is 290 g/mol. The monoisotopic (exact) mass is 290 g/mol. The van der Waals surface area contributed by atoms with Gasteiger partial charge in [-0.15, -0.1) is 5.10 Å². The maximum atomic E-state index is 11.9. The van der Waals surface area contributed by atoms with Crippen LogP contribution in [0.1, 0.15) is 25.1 Å². The number of amides is 1. The lowest BCUT2D eigenvalue weighted by atomic mass is 10.2. The number of carbonyl (C=O) groups excluding carboxylic acids is 1. The Morgan fingerprint density at radius 2 is 2.24 bits per heavy atom. The fourth-order valence-corrected chi connectivity index (χ4v) is 1.79. The minimum absolute atomic E-state index is 0.145. The zero-order valence-corrected chi connectivity index (χ0v) is 12.0. The van der Waals surface area contributed by atoms with E-state index in [0.717, 1.165) is 0 Å². The molecule has 2 aromatic rings. The van der Waals surface area contributed by atoms with Gasteiger partial charge in [-0.3, -0.25) is 9.48 Å². The summed E-state index contributed by atoms with van der Waals surface area (Å²) in [7, 11) is 1.55. The number of nitrogens with one attached hydrogen (secondary N) is 1. The number of anilines is 1. The van der Waals surface area contributed by atoms with Gasteiger partial charge in [0.1, 0.15) is 11.4 Å². The van der Waals surface area contributed by atoms with Crippen LogP contribution in [-0.2, 0) is 11.3 Å². The molecular weight excluding hydrogens is 272 g/mol. The molecule has 0 radical (unpaired) electrons. The predicted octanol–water partition coefficient (Wildman–Crippen LogP) is 1.37. The first-order chi connectivity index (χ1) is 10.1. The SMILES string of the molecule is COc1ccccc1NC(=O)CCn1cc(C(C)O)nn1. The summed E-state index contributed by atoms with van der Waals surface area (Å²) < 4.78 is 6.70. The standard InChI is InChI=1S/C14H18N4O3/c1-10(19)12-9-18(17-16-12)8-7-14(20)15-11-5-3-4-6-13(11)21-2/h3-6,9-10,19H,7-8H2,1-2H3,(H,15,20). The van der Waals surface area contributed by atoms with Crippen LogP contribution in [-0.4, -0.2) is 33.1 Å². The van der Waals surface area contributed by atoms with Crippen molar-refractivity contribution < 1.29 is 14.6 Å². The molecular formula is C14H18N4O3. The maximum absolute atomic E-state index is 11.9. The summed E-state index contributed by atoms with van der Waals surface area (Å²) in [5.41, 5.74) is 1.12. The first-order valence-electron chi connectivity index (χ1n) is 6.61. The van der Waals surface area contributed by atoms with Crippen LogP contribution in [0.25, 0.3) is 0 Å². The second kappa shape index (κ2) is 6.85. The lowest BCUT2D eigenvalue weighted by Crippen LogP contribution is -2.15. The van der Waals surface area contributed by atoms with Crippen LogP contribution < -0.4 is 10.1 Å². The Hall–Kier alpha value is -2.41. The summed E-state index contributed by atoms with van der Waals surface area (Å²) in [6.45, 7) is 2.00. The van der Waals surface area contributed by atoms with Gasteiger partial charge in [-0.05, 0) is 19.1 Å². The van der Waals surface area contributed by atoms with E-state index in [1.54, 1.807) is 32.4 Å². The number of ether oxygens (including phenoxy) is 1. The van der Waals surface area contributed by atoms with Crippen molar-refractivity contribution in [2.45, 2.75) is 26.0 Å². The molecule has 0 saturated heterocycles. The molecule has 2 rings (SSSR count). The Kier molecular flexibility index (Phi) is 4.89. The summed E-state index contributed by atoms with van der Waals surface area (Å²) >= 11 is 0. The average Bonchev–Trinajstić information content (AvgIpc) is 2.95. The lowest BCUT2D eigenvalue weighted by molar-refractivity contribution is -0.116. The number of aromatic nitrogens is 3. The molecule has 1 aromatic heterocycles. The van der Waals surface area contributed by atoms with Gasteiger partial charge in [0.2, 0.25) is 5.91 Å². The van der Waals surface area contributed by atoms with Crippen molar-refractivity contribution in [2.75, 3.05) is 12.4 Å². The van der Waals surface area contributed by atoms with Crippen LogP contribution in [0.15, 0.2) is 30.5 Å². The Bertz CT molecular complexity index is 610. The molecule has 0 fully saturated rings. The number of aliphatic hydroxyl groups excluding tert-OH is 1. The summed E-state index contributed by atoms with van der Waals surface area (Å²) in [5.74, 6) is 0.469. The molecule has 0 bridgehead atoms. The largest absolute Gasteiger partial charge is 0.495 e. The number of benzene rings is 1. The van der Waals surface area contributed by atoms with Crippen molar-refractivity contribution in [3.63, 3.8) is 0 Å². The van der Waals surface area contributed by atoms with Crippen LogP contribution in [0, 0.1) is 0 Å². The van der Waals surface area contributed by atoms with Crippen LogP contribution in [0.2, 0.25) is 0 Å². The van der Waals surface area contributed by atoms with Gasteiger partial charge in [0.15, 0.2) is 0 Å². The third kappa shape index (κ3) is 4.03. The van der Waals surface area contributed by atoms with E-state index in [0.29, 0.717) is 23.7 Å². The minimum Gasteiger partial charge on any atom is -0.495 e. The maximum Gasteiger partial charge on any atom is 0.226 e. The molecule has 0 aliphatic rings. The van der Waals surface area contributed by atoms with Crippen LogP contribution >= 0.6 is 0 Å². The quantitative estimate of drug-likeness (QED) is 0.838. The van der Waals surface area contributed by atoms with Crippen molar-refractivity contribution in [3.05, 3.63) is 36.2 Å². The van der Waals surface area contributed by atoms with Gasteiger partial charge in [0, 0.05) is 6.42 Å². The third-order valence-electron chi connectivity index (χ3n) is 2.93. The molecule has 1 heterocycles. The van der Waals surface area contributed by atoms with Crippen molar-refractivity contribution in [1.82, 2.24) is 15.0 Å². The van der Waals surface area contributed by atoms with E-state index in [2.05, 4.69) is 15.6 Å². The molecule has 7 heteroatoms. The number of rotatable bonds is 6. The Balaban J connectivity index is 1.89. The minimum atomic E-state index is -0.666. The summed E-state index contributed by atoms with van der Waals surface area (Å²) in [4.78, 5) is 11.9. The first kappa shape index (κ1) is 15.0. The predicted molar refractivity (Wildman–Crippen MR) is 76.9 cm³/mol. The molecule has 0 spiro atoms. The zero-order chi connectivity index (χ0) is 15.2. The van der Waals surface area contributed by atoms with E-state index in [9.17, 15) is 9.90 Å². The lowest BCUT2D eigenvalue weighted by Gasteiger charge is -2.09. The number of hydrogen-bond donors (Lipinski definition) is 2. The van der Waals surface area contributed by atoms with E-state index >= 15 is 0 Å². The molecule has 2 N–H and O–H groups in total. The zero-order valence-electron chi connectivity index (χ0n) is 12.0. The van der Waals surface area contributed by atoms with Crippen molar-refractivity contribution in [1.29, 1.82) is 0 Å². The molecule has 0 aliphatic heterocycles. The molecule has 112 valence electrons. The molecule has 1 atom stereocenters. The highest BCUT2D eigenvalue weighted by Gasteiger charge is 2.09. The number of hydrogen-bond acceptors (Lipinski definition) is 5. The van der Waals surface area contributed by atoms with E-state index in [-0.39, 0.29) is 12.3 Å². The van der Waals surface area contributed by atoms with E-state index < -0.39 is 6.10 Å². The van der Waals surface area contributed by atoms with Crippen LogP contribution in [0.5, 0.6) is 5.75 Å². The fraction of sp³-hybridized carbons (Fsp3) is 0.357. The van der Waals surface area contributed by atoms with Crippen molar-refractivity contribution >= 4 is 11.6 Å². The Labute approximate surface area is 122 Å². The summed E-state index contributed by atoms with van der Waals surface area (Å²) in [6, 6.07) is 7.21. The van der Waals surface area contributed by atoms with Gasteiger partial charge in [-0.1, -0.05) is 17.3 Å². The summed E-state index contributed by atoms with van der Waals surface area (Å²) in [6.07, 6.45) is 1.21. The van der Waals surface area contributed by atoms with Crippen molar-refractivity contribution in [2.24, 2.45) is 0 Å². The highest BCUT2D eigenvalue weighted by atomic mass is 16.5. The smallest absolute Gasteiger partial charge is 0.226 e. The Morgan fingerprint density at radius 3 is 2.90 bits per heavy atom. The Morgan fingerprint density at radius 1 is 1.48 bits per heavy atom. The number of aryl methyl sites for hydroxylation is 1. The normalized spacial score (nSPS) is 12.0. The molecule has 1 unspecified atom stereocenters. The number of para-hydroxylation sites is 2. The van der Waals surface area contributed by atoms with Crippen molar-refractivity contribution in [3.8, 4) is 5.75 Å². The highest BCUT2D eigenvalue weighted by Crippen LogP contribution is 2.23. The van der Waals surface area contributed by atoms with Crippen LogP contribution in [0.3, 0.4) is 0 Å². The van der Waals surface area contributed by atoms with E-state index in [1.165, 1.54) is 4.68 Å². The van der Waals surface area contributed by atoms with Gasteiger partial charge in [-0.25, -0.2) is 0 Å². The summed E-state index contributed by atoms with van der Waals surface area (Å²) in [5, 5.41) is 19.8. The molecule has 0 saturated carbocycles. The van der Waals surface area contributed by atoms with Gasteiger partial charge >= 0.3 is 0 Å². The second-order valence-electron chi connectivity index (χ2n) is 4.58. The number of nitrogens with zero attached hydrogens (tertiary/aromatic N) is 3. The van der Waals surface area contributed by atoms with E-state index in [4.69, 9.17) is 4.74 Å². The molecule has 1 aromatic carbocycles. The van der Waals surface area contributed by atoms with E-state index in [1.807, 2.05) is 12.1 Å². The fourth-order valence-electron chi connectivity index (χ4n) is 1.79. The first-order valence-corrected chi connectivity index (χ1v) is 6.61.